The molecule has 0 spiro atoms. The number of pyridine rings is 1. The molecule has 1 unspecified atom stereocenters. The number of aryl methyl sites for hydroxylation is 1. The van der Waals surface area contributed by atoms with Crippen LogP contribution in [-0.2, 0) is 0 Å². The molecule has 0 aliphatic rings. The molecule has 0 aliphatic heterocycles. The second-order valence-corrected chi connectivity index (χ2v) is 7.12. The van der Waals surface area contributed by atoms with Crippen molar-refractivity contribution < 1.29 is 4.92 Å². The lowest BCUT2D eigenvalue weighted by atomic mass is 10.1. The highest BCUT2D eigenvalue weighted by Crippen LogP contribution is 2.29. The summed E-state index contributed by atoms with van der Waals surface area (Å²) < 4.78 is 0. The van der Waals surface area contributed by atoms with Crippen LogP contribution in [0.2, 0.25) is 0 Å². The van der Waals surface area contributed by atoms with E-state index in [1.54, 1.807) is 23.5 Å². The number of hydrogen-bond acceptors (Lipinski definition) is 6. The normalized spacial score (nSPS) is 12.5. The molecule has 0 saturated heterocycles. The fourth-order valence-electron chi connectivity index (χ4n) is 2.83. The van der Waals surface area contributed by atoms with Gasteiger partial charge in [-0.05, 0) is 44.6 Å². The number of nitrogens with zero attached hydrogens (tertiary/aromatic N) is 3. The highest BCUT2D eigenvalue weighted by Gasteiger charge is 2.16. The number of aromatic nitrogens is 1. The number of likely N-dealkylation sites (N-methyl/N-ethyl adjacent to an activating group) is 1. The van der Waals surface area contributed by atoms with Crippen molar-refractivity contribution in [1.82, 2.24) is 9.88 Å². The largest absolute Gasteiger partial charge is 0.382 e. The van der Waals surface area contributed by atoms with Crippen LogP contribution in [0.5, 0.6) is 0 Å². The summed E-state index contributed by atoms with van der Waals surface area (Å²) in [5, 5.41) is 17.4. The number of benzene rings is 1. The Morgan fingerprint density at radius 1 is 1.32 bits per heavy atom. The molecule has 2 aromatic heterocycles. The molecular formula is C18H20N4O2S. The number of rotatable bonds is 6. The lowest BCUT2D eigenvalue weighted by Gasteiger charge is -2.24. The van der Waals surface area contributed by atoms with Gasteiger partial charge < -0.3 is 10.2 Å². The highest BCUT2D eigenvalue weighted by molar-refractivity contribution is 7.10. The molecule has 130 valence electrons. The van der Waals surface area contributed by atoms with E-state index in [2.05, 4.69) is 26.6 Å². The van der Waals surface area contributed by atoms with Gasteiger partial charge in [-0.25, -0.2) is 0 Å². The first-order valence-corrected chi connectivity index (χ1v) is 8.83. The van der Waals surface area contributed by atoms with E-state index < -0.39 is 0 Å². The molecule has 0 bridgehead atoms. The van der Waals surface area contributed by atoms with Gasteiger partial charge in [0, 0.05) is 40.3 Å². The summed E-state index contributed by atoms with van der Waals surface area (Å²) in [4.78, 5) is 18.6. The minimum absolute atomic E-state index is 0.0728. The van der Waals surface area contributed by atoms with Crippen molar-refractivity contribution in [3.8, 4) is 0 Å². The maximum atomic E-state index is 11.1. The van der Waals surface area contributed by atoms with E-state index in [4.69, 9.17) is 0 Å². The minimum Gasteiger partial charge on any atom is -0.382 e. The van der Waals surface area contributed by atoms with Crippen LogP contribution in [0.25, 0.3) is 10.9 Å². The standard InChI is InChI=1S/C18H20N4O2S/c1-12-9-16(14-10-13(22(23)24)6-7-15(14)20-12)19-11-17(21(2)3)18-5-4-8-25-18/h4-10,17H,11H2,1-3H3,(H,19,20). The molecule has 0 radical (unpaired) electrons. The summed E-state index contributed by atoms with van der Waals surface area (Å²) in [6.07, 6.45) is 0. The number of anilines is 1. The first-order valence-electron chi connectivity index (χ1n) is 7.95. The first-order chi connectivity index (χ1) is 12.0. The third-order valence-electron chi connectivity index (χ3n) is 4.11. The fourth-order valence-corrected chi connectivity index (χ4v) is 3.75. The van der Waals surface area contributed by atoms with Crippen LogP contribution >= 0.6 is 11.3 Å². The molecule has 1 aromatic carbocycles. The number of nitro benzene ring substituents is 1. The maximum absolute atomic E-state index is 11.1. The summed E-state index contributed by atoms with van der Waals surface area (Å²) in [5.74, 6) is 0. The van der Waals surface area contributed by atoms with Gasteiger partial charge in [-0.3, -0.25) is 15.1 Å². The molecule has 0 saturated carbocycles. The van der Waals surface area contributed by atoms with Crippen LogP contribution in [0.15, 0.2) is 41.8 Å². The van der Waals surface area contributed by atoms with E-state index in [0.717, 1.165) is 22.3 Å². The van der Waals surface area contributed by atoms with Crippen LogP contribution in [0, 0.1) is 17.0 Å². The molecule has 2 heterocycles. The molecule has 25 heavy (non-hydrogen) atoms. The van der Waals surface area contributed by atoms with Crippen molar-refractivity contribution in [3.05, 3.63) is 62.5 Å². The Kier molecular flexibility index (Phi) is 4.96. The molecule has 0 aliphatic carbocycles. The number of non-ortho nitro benzene ring substituents is 1. The predicted molar refractivity (Wildman–Crippen MR) is 102 cm³/mol. The zero-order chi connectivity index (χ0) is 18.0. The van der Waals surface area contributed by atoms with Gasteiger partial charge in [-0.1, -0.05) is 6.07 Å². The molecule has 7 heteroatoms. The average Bonchev–Trinajstić information content (AvgIpc) is 3.08. The Morgan fingerprint density at radius 2 is 2.12 bits per heavy atom. The molecule has 0 fully saturated rings. The van der Waals surface area contributed by atoms with Crippen molar-refractivity contribution in [1.29, 1.82) is 0 Å². The number of hydrogen-bond donors (Lipinski definition) is 1. The summed E-state index contributed by atoms with van der Waals surface area (Å²) >= 11 is 1.72. The third-order valence-corrected chi connectivity index (χ3v) is 5.09. The Hall–Kier alpha value is -2.51. The van der Waals surface area contributed by atoms with Crippen LogP contribution in [-0.4, -0.2) is 35.4 Å². The van der Waals surface area contributed by atoms with E-state index in [1.807, 2.05) is 33.2 Å². The monoisotopic (exact) mass is 356 g/mol. The minimum atomic E-state index is -0.378. The van der Waals surface area contributed by atoms with Crippen molar-refractivity contribution >= 4 is 33.6 Å². The van der Waals surface area contributed by atoms with E-state index >= 15 is 0 Å². The second-order valence-electron chi connectivity index (χ2n) is 6.15. The smallest absolute Gasteiger partial charge is 0.270 e. The van der Waals surface area contributed by atoms with Crippen molar-refractivity contribution in [2.75, 3.05) is 26.0 Å². The first kappa shape index (κ1) is 17.3. The van der Waals surface area contributed by atoms with Gasteiger partial charge in [0.05, 0.1) is 16.5 Å². The van der Waals surface area contributed by atoms with Gasteiger partial charge in [0.25, 0.3) is 5.69 Å². The number of thiophene rings is 1. The Labute approximate surface area is 150 Å². The SMILES string of the molecule is Cc1cc(NCC(c2cccs2)N(C)C)c2cc([N+](=O)[O-])ccc2n1. The Morgan fingerprint density at radius 3 is 2.76 bits per heavy atom. The lowest BCUT2D eigenvalue weighted by molar-refractivity contribution is -0.384. The van der Waals surface area contributed by atoms with E-state index in [1.165, 1.54) is 10.9 Å². The summed E-state index contributed by atoms with van der Waals surface area (Å²) in [6.45, 7) is 2.63. The summed E-state index contributed by atoms with van der Waals surface area (Å²) in [6, 6.07) is 11.1. The maximum Gasteiger partial charge on any atom is 0.270 e. The Balaban J connectivity index is 1.94. The zero-order valence-corrected chi connectivity index (χ0v) is 15.2. The van der Waals surface area contributed by atoms with Gasteiger partial charge >= 0.3 is 0 Å². The number of nitrogens with one attached hydrogen (secondary N) is 1. The van der Waals surface area contributed by atoms with E-state index in [9.17, 15) is 10.1 Å². The van der Waals surface area contributed by atoms with Gasteiger partial charge in [-0.2, -0.15) is 0 Å². The fraction of sp³-hybridized carbons (Fsp3) is 0.278. The molecule has 3 rings (SSSR count). The van der Waals surface area contributed by atoms with E-state index in [0.29, 0.717) is 6.54 Å². The van der Waals surface area contributed by atoms with Crippen LogP contribution in [0.3, 0.4) is 0 Å². The number of fused-ring (bicyclic) bond motifs is 1. The molecule has 1 atom stereocenters. The predicted octanol–water partition coefficient (Wildman–Crippen LogP) is 4.23. The van der Waals surface area contributed by atoms with Gasteiger partial charge in [0.2, 0.25) is 0 Å². The third kappa shape index (κ3) is 3.78. The second kappa shape index (κ2) is 7.16. The van der Waals surface area contributed by atoms with Gasteiger partial charge in [0.15, 0.2) is 0 Å². The highest BCUT2D eigenvalue weighted by atomic mass is 32.1. The molecule has 1 N–H and O–H groups in total. The molecule has 0 amide bonds. The van der Waals surface area contributed by atoms with Gasteiger partial charge in [-0.15, -0.1) is 11.3 Å². The summed E-state index contributed by atoms with van der Waals surface area (Å²) in [5.41, 5.74) is 2.57. The molecule has 3 aromatic rings. The zero-order valence-electron chi connectivity index (χ0n) is 14.4. The van der Waals surface area contributed by atoms with Crippen LogP contribution < -0.4 is 5.32 Å². The average molecular weight is 356 g/mol. The van der Waals surface area contributed by atoms with E-state index in [-0.39, 0.29) is 16.7 Å². The molecular weight excluding hydrogens is 336 g/mol. The quantitative estimate of drug-likeness (QED) is 0.529. The van der Waals surface area contributed by atoms with Crippen LogP contribution in [0.4, 0.5) is 11.4 Å². The van der Waals surface area contributed by atoms with Crippen LogP contribution in [0.1, 0.15) is 16.6 Å². The summed E-state index contributed by atoms with van der Waals surface area (Å²) in [7, 11) is 4.10. The van der Waals surface area contributed by atoms with Crippen molar-refractivity contribution in [2.24, 2.45) is 0 Å². The Bertz CT molecular complexity index is 893. The van der Waals surface area contributed by atoms with Gasteiger partial charge in [0.1, 0.15) is 0 Å². The topological polar surface area (TPSA) is 71.3 Å². The number of nitro groups is 1. The lowest BCUT2D eigenvalue weighted by Crippen LogP contribution is -2.26. The van der Waals surface area contributed by atoms with Crippen molar-refractivity contribution in [3.63, 3.8) is 0 Å². The molecule has 6 nitrogen and oxygen atoms in total. The van der Waals surface area contributed by atoms with Crippen molar-refractivity contribution in [2.45, 2.75) is 13.0 Å².